The Kier molecular flexibility index (Phi) is 5.03. The number of fused-ring (bicyclic) bond motifs is 1. The van der Waals surface area contributed by atoms with Crippen LogP contribution >= 0.6 is 0 Å². The summed E-state index contributed by atoms with van der Waals surface area (Å²) in [7, 11) is 0. The van der Waals surface area contributed by atoms with E-state index in [1.54, 1.807) is 0 Å². The molecule has 0 unspecified atom stereocenters. The topological polar surface area (TPSA) is 50.4 Å². The normalized spacial score (nSPS) is 16.3. The van der Waals surface area contributed by atoms with Crippen molar-refractivity contribution in [3.63, 3.8) is 0 Å². The van der Waals surface area contributed by atoms with Crippen LogP contribution in [0.5, 0.6) is 5.75 Å². The van der Waals surface area contributed by atoms with Gasteiger partial charge in [0.05, 0.1) is 6.54 Å². The van der Waals surface area contributed by atoms with Gasteiger partial charge in [0.15, 0.2) is 0 Å². The maximum Gasteiger partial charge on any atom is 0.412 e. The lowest BCUT2D eigenvalue weighted by atomic mass is 10.1. The average molecular weight is 272 g/mol. The highest BCUT2D eigenvalue weighted by molar-refractivity contribution is 5.70. The Bertz CT molecular complexity index is 520. The fourth-order valence-electron chi connectivity index (χ4n) is 2.41. The van der Waals surface area contributed by atoms with Gasteiger partial charge in [0.1, 0.15) is 5.75 Å². The second-order valence-corrected chi connectivity index (χ2v) is 4.85. The highest BCUT2D eigenvalue weighted by Gasteiger charge is 2.22. The zero-order chi connectivity index (χ0) is 14.4. The Hall–Kier alpha value is -1.99. The first kappa shape index (κ1) is 14.4. The van der Waals surface area contributed by atoms with Crippen LogP contribution in [0.1, 0.15) is 36.9 Å². The molecule has 1 aliphatic rings. The molecule has 1 atom stereocenters. The van der Waals surface area contributed by atoms with Crippen LogP contribution in [-0.2, 0) is 6.42 Å². The third-order valence-corrected chi connectivity index (χ3v) is 3.38. The van der Waals surface area contributed by atoms with E-state index in [0.717, 1.165) is 19.3 Å². The predicted molar refractivity (Wildman–Crippen MR) is 78.7 cm³/mol. The van der Waals surface area contributed by atoms with Gasteiger partial charge in [-0.1, -0.05) is 18.9 Å². The van der Waals surface area contributed by atoms with Crippen molar-refractivity contribution in [3.05, 3.63) is 29.3 Å². The van der Waals surface area contributed by atoms with E-state index in [4.69, 9.17) is 11.2 Å². The molecule has 4 heteroatoms. The van der Waals surface area contributed by atoms with Gasteiger partial charge in [-0.05, 0) is 42.5 Å². The van der Waals surface area contributed by atoms with E-state index in [0.29, 0.717) is 18.8 Å². The molecule has 20 heavy (non-hydrogen) atoms. The van der Waals surface area contributed by atoms with Crippen molar-refractivity contribution in [1.82, 2.24) is 10.6 Å². The van der Waals surface area contributed by atoms with E-state index < -0.39 is 6.09 Å². The fourth-order valence-corrected chi connectivity index (χ4v) is 2.41. The van der Waals surface area contributed by atoms with Crippen LogP contribution in [0, 0.1) is 12.3 Å². The number of hydrogen-bond donors (Lipinski definition) is 2. The summed E-state index contributed by atoms with van der Waals surface area (Å²) in [6, 6.07) is 6.05. The molecule has 1 aromatic rings. The van der Waals surface area contributed by atoms with Gasteiger partial charge in [-0.3, -0.25) is 5.32 Å². The van der Waals surface area contributed by atoms with Crippen molar-refractivity contribution in [2.75, 3.05) is 13.1 Å². The molecule has 106 valence electrons. The van der Waals surface area contributed by atoms with E-state index in [2.05, 4.69) is 16.6 Å². The molecule has 1 amide bonds. The molecule has 0 heterocycles. The van der Waals surface area contributed by atoms with E-state index >= 15 is 0 Å². The van der Waals surface area contributed by atoms with Crippen LogP contribution in [0.15, 0.2) is 18.2 Å². The first-order valence-corrected chi connectivity index (χ1v) is 7.00. The third kappa shape index (κ3) is 3.52. The molecular formula is C16H20N2O2. The zero-order valence-corrected chi connectivity index (χ0v) is 11.7. The molecular weight excluding hydrogens is 252 g/mol. The van der Waals surface area contributed by atoms with Crippen LogP contribution in [0.2, 0.25) is 0 Å². The molecule has 0 radical (unpaired) electrons. The molecule has 0 fully saturated rings. The maximum atomic E-state index is 11.5. The van der Waals surface area contributed by atoms with Crippen molar-refractivity contribution in [2.45, 2.75) is 32.2 Å². The molecule has 0 bridgehead atoms. The van der Waals surface area contributed by atoms with Crippen LogP contribution in [0.3, 0.4) is 0 Å². The number of amides is 1. The second-order valence-electron chi connectivity index (χ2n) is 4.85. The number of terminal acetylenes is 1. The summed E-state index contributed by atoms with van der Waals surface area (Å²) < 4.78 is 5.28. The van der Waals surface area contributed by atoms with E-state index in [1.807, 2.05) is 25.1 Å². The Morgan fingerprint density at radius 1 is 1.55 bits per heavy atom. The van der Waals surface area contributed by atoms with Gasteiger partial charge in [0, 0.05) is 12.6 Å². The summed E-state index contributed by atoms with van der Waals surface area (Å²) in [6.45, 7) is 3.17. The summed E-state index contributed by atoms with van der Waals surface area (Å²) in [5, 5.41) is 6.00. The predicted octanol–water partition coefficient (Wildman–Crippen LogP) is 2.40. The number of carbonyl (C=O) groups is 1. The molecule has 2 rings (SSSR count). The summed E-state index contributed by atoms with van der Waals surface area (Å²) in [5.41, 5.74) is 2.47. The first-order valence-electron chi connectivity index (χ1n) is 7.00. The lowest BCUT2D eigenvalue weighted by Crippen LogP contribution is -2.27. The maximum absolute atomic E-state index is 11.5. The molecule has 0 aliphatic heterocycles. The van der Waals surface area contributed by atoms with E-state index in [-0.39, 0.29) is 6.04 Å². The summed E-state index contributed by atoms with van der Waals surface area (Å²) in [4.78, 5) is 11.5. The summed E-state index contributed by atoms with van der Waals surface area (Å²) in [6.07, 6.45) is 7.82. The van der Waals surface area contributed by atoms with E-state index in [1.165, 1.54) is 11.1 Å². The standard InChI is InChI=1S/C16H20N2O2/c1-3-9-17-15-8-6-12-5-7-13(11-14(12)15)20-16(19)18-10-4-2/h1,5,7,11,15,17H,4,6,8-10H2,2H3,(H,18,19)/t15-/m0/s1. The van der Waals surface area contributed by atoms with Crippen LogP contribution in [0.4, 0.5) is 4.79 Å². The number of benzene rings is 1. The minimum Gasteiger partial charge on any atom is -0.410 e. The van der Waals surface area contributed by atoms with Crippen molar-refractivity contribution in [1.29, 1.82) is 0 Å². The van der Waals surface area contributed by atoms with Gasteiger partial charge in [0.25, 0.3) is 0 Å². The van der Waals surface area contributed by atoms with Crippen LogP contribution in [0.25, 0.3) is 0 Å². The molecule has 1 aliphatic carbocycles. The van der Waals surface area contributed by atoms with Gasteiger partial charge in [-0.15, -0.1) is 6.42 Å². The molecule has 0 saturated heterocycles. The smallest absolute Gasteiger partial charge is 0.410 e. The molecule has 0 spiro atoms. The van der Waals surface area contributed by atoms with Gasteiger partial charge in [0.2, 0.25) is 0 Å². The highest BCUT2D eigenvalue weighted by Crippen LogP contribution is 2.33. The highest BCUT2D eigenvalue weighted by atomic mass is 16.6. The Morgan fingerprint density at radius 2 is 2.40 bits per heavy atom. The van der Waals surface area contributed by atoms with Crippen molar-refractivity contribution >= 4 is 6.09 Å². The quantitative estimate of drug-likeness (QED) is 0.809. The molecule has 0 saturated carbocycles. The minimum atomic E-state index is -0.405. The number of ether oxygens (including phenoxy) is 1. The third-order valence-electron chi connectivity index (χ3n) is 3.38. The van der Waals surface area contributed by atoms with Crippen molar-refractivity contribution in [2.24, 2.45) is 0 Å². The molecule has 1 aromatic carbocycles. The van der Waals surface area contributed by atoms with Gasteiger partial charge >= 0.3 is 6.09 Å². The summed E-state index contributed by atoms with van der Waals surface area (Å²) in [5.74, 6) is 3.16. The number of hydrogen-bond acceptors (Lipinski definition) is 3. The van der Waals surface area contributed by atoms with Gasteiger partial charge in [-0.2, -0.15) is 0 Å². The fraction of sp³-hybridized carbons (Fsp3) is 0.438. The Morgan fingerprint density at radius 3 is 3.15 bits per heavy atom. The summed E-state index contributed by atoms with van der Waals surface area (Å²) >= 11 is 0. The van der Waals surface area contributed by atoms with Crippen LogP contribution < -0.4 is 15.4 Å². The monoisotopic (exact) mass is 272 g/mol. The largest absolute Gasteiger partial charge is 0.412 e. The zero-order valence-electron chi connectivity index (χ0n) is 11.7. The average Bonchev–Trinajstić information content (AvgIpc) is 2.85. The Labute approximate surface area is 119 Å². The van der Waals surface area contributed by atoms with Crippen molar-refractivity contribution in [3.8, 4) is 18.1 Å². The number of nitrogens with one attached hydrogen (secondary N) is 2. The Balaban J connectivity index is 2.03. The lowest BCUT2D eigenvalue weighted by Gasteiger charge is -2.13. The van der Waals surface area contributed by atoms with E-state index in [9.17, 15) is 4.79 Å². The number of rotatable bonds is 5. The molecule has 2 N–H and O–H groups in total. The second kappa shape index (κ2) is 6.97. The number of carbonyl (C=O) groups excluding carboxylic acids is 1. The minimum absolute atomic E-state index is 0.253. The van der Waals surface area contributed by atoms with Gasteiger partial charge in [-0.25, -0.2) is 4.79 Å². The SMILES string of the molecule is C#CCN[C@H]1CCc2ccc(OC(=O)NCCC)cc21. The van der Waals surface area contributed by atoms with Crippen LogP contribution in [-0.4, -0.2) is 19.2 Å². The molecule has 4 nitrogen and oxygen atoms in total. The van der Waals surface area contributed by atoms with Gasteiger partial charge < -0.3 is 10.1 Å². The molecule has 0 aromatic heterocycles. The number of aryl methyl sites for hydroxylation is 1. The first-order chi connectivity index (χ1) is 9.74. The lowest BCUT2D eigenvalue weighted by molar-refractivity contribution is 0.200. The van der Waals surface area contributed by atoms with Crippen molar-refractivity contribution < 1.29 is 9.53 Å².